The van der Waals surface area contributed by atoms with E-state index in [1.165, 1.54) is 5.56 Å². The molecule has 2 aromatic carbocycles. The number of hydrogen-bond donors (Lipinski definition) is 0. The zero-order valence-electron chi connectivity index (χ0n) is 11.4. The quantitative estimate of drug-likeness (QED) is 0.516. The summed E-state index contributed by atoms with van der Waals surface area (Å²) in [5.41, 5.74) is 3.90. The molecule has 3 nitrogen and oxygen atoms in total. The number of benzene rings is 2. The van der Waals surface area contributed by atoms with Crippen LogP contribution in [0.3, 0.4) is 0 Å². The van der Waals surface area contributed by atoms with Crippen molar-refractivity contribution in [3.05, 3.63) is 65.3 Å². The highest BCUT2D eigenvalue weighted by Crippen LogP contribution is 2.21. The van der Waals surface area contributed by atoms with Crippen molar-refractivity contribution in [1.29, 1.82) is 0 Å². The third kappa shape index (κ3) is 2.16. The number of hydrogen-bond acceptors (Lipinski definition) is 2. The lowest BCUT2D eigenvalue weighted by Gasteiger charge is -1.99. The maximum absolute atomic E-state index is 5.92. The minimum Gasteiger partial charge on any atom is -0.238 e. The van der Waals surface area contributed by atoms with Crippen molar-refractivity contribution >= 4 is 33.5 Å². The molecule has 0 saturated heterocycles. The van der Waals surface area contributed by atoms with E-state index in [2.05, 4.69) is 41.3 Å². The summed E-state index contributed by atoms with van der Waals surface area (Å²) >= 11 is 5.92. The molecule has 0 atom stereocenters. The van der Waals surface area contributed by atoms with Crippen molar-refractivity contribution in [2.75, 3.05) is 0 Å². The largest absolute Gasteiger partial charge is 0.238 e. The lowest BCUT2D eigenvalue weighted by molar-refractivity contribution is 0.891. The number of fused-ring (bicyclic) bond motifs is 2. The second-order valence-electron chi connectivity index (χ2n) is 5.15. The topological polar surface area (TPSA) is 30.7 Å². The van der Waals surface area contributed by atoms with Gasteiger partial charge in [-0.2, -0.15) is 0 Å². The normalized spacial score (nSPS) is 11.3. The van der Waals surface area contributed by atoms with Crippen molar-refractivity contribution in [1.82, 2.24) is 14.8 Å². The third-order valence-corrected chi connectivity index (χ3v) is 3.79. The summed E-state index contributed by atoms with van der Waals surface area (Å²) < 4.78 is 1.83. The van der Waals surface area contributed by atoms with Crippen LogP contribution in [0.2, 0.25) is 5.02 Å². The molecule has 0 N–H and O–H groups in total. The molecule has 4 heteroatoms. The lowest BCUT2D eigenvalue weighted by atomic mass is 10.1. The lowest BCUT2D eigenvalue weighted by Crippen LogP contribution is -1.93. The van der Waals surface area contributed by atoms with Crippen LogP contribution in [-0.2, 0) is 0 Å². The first-order valence-electron chi connectivity index (χ1n) is 6.72. The van der Waals surface area contributed by atoms with Crippen LogP contribution in [0.5, 0.6) is 0 Å². The van der Waals surface area contributed by atoms with Gasteiger partial charge in [0.1, 0.15) is 0 Å². The van der Waals surface area contributed by atoms with E-state index in [0.717, 1.165) is 32.6 Å². The van der Waals surface area contributed by atoms with Gasteiger partial charge in [-0.15, -0.1) is 5.10 Å². The first-order chi connectivity index (χ1) is 10.2. The van der Waals surface area contributed by atoms with Crippen molar-refractivity contribution in [3.8, 4) is 5.69 Å². The molecule has 0 saturated carbocycles. The summed E-state index contributed by atoms with van der Waals surface area (Å²) in [6.45, 7) is 2.07. The Morgan fingerprint density at radius 3 is 2.57 bits per heavy atom. The van der Waals surface area contributed by atoms with Crippen LogP contribution in [0.15, 0.2) is 54.7 Å². The second kappa shape index (κ2) is 4.57. The van der Waals surface area contributed by atoms with E-state index in [4.69, 9.17) is 11.6 Å². The average Bonchev–Trinajstić information content (AvgIpc) is 2.88. The van der Waals surface area contributed by atoms with Gasteiger partial charge in [-0.05, 0) is 48.9 Å². The molecule has 0 radical (unpaired) electrons. The van der Waals surface area contributed by atoms with Gasteiger partial charge >= 0.3 is 0 Å². The number of aromatic nitrogens is 3. The smallest absolute Gasteiger partial charge is 0.182 e. The predicted molar refractivity (Wildman–Crippen MR) is 86.1 cm³/mol. The van der Waals surface area contributed by atoms with Crippen LogP contribution in [0.4, 0.5) is 0 Å². The highest BCUT2D eigenvalue weighted by atomic mass is 35.5. The average molecular weight is 294 g/mol. The molecule has 21 heavy (non-hydrogen) atoms. The number of aryl methyl sites for hydroxylation is 1. The minimum absolute atomic E-state index is 0.717. The first kappa shape index (κ1) is 12.4. The van der Waals surface area contributed by atoms with E-state index >= 15 is 0 Å². The highest BCUT2D eigenvalue weighted by Gasteiger charge is 2.06. The van der Waals surface area contributed by atoms with E-state index in [1.54, 1.807) is 0 Å². The van der Waals surface area contributed by atoms with Crippen LogP contribution in [-0.4, -0.2) is 14.8 Å². The second-order valence-corrected chi connectivity index (χ2v) is 5.58. The van der Waals surface area contributed by atoms with Gasteiger partial charge in [0.15, 0.2) is 5.65 Å². The fraction of sp³-hybridized carbons (Fsp3) is 0.0588. The summed E-state index contributed by atoms with van der Waals surface area (Å²) in [6, 6.07) is 16.0. The number of rotatable bonds is 1. The Morgan fingerprint density at radius 1 is 0.952 bits per heavy atom. The van der Waals surface area contributed by atoms with E-state index in [0.29, 0.717) is 0 Å². The molecular formula is C17H12ClN3. The Balaban J connectivity index is 1.92. The Labute approximate surface area is 126 Å². The van der Waals surface area contributed by atoms with Crippen LogP contribution in [0, 0.1) is 6.92 Å². The molecular weight excluding hydrogens is 282 g/mol. The summed E-state index contributed by atoms with van der Waals surface area (Å²) in [7, 11) is 0. The minimum atomic E-state index is 0.717. The first-order valence-corrected chi connectivity index (χ1v) is 7.09. The monoisotopic (exact) mass is 293 g/mol. The van der Waals surface area contributed by atoms with E-state index < -0.39 is 0 Å². The number of halogens is 1. The zero-order chi connectivity index (χ0) is 14.4. The van der Waals surface area contributed by atoms with Crippen LogP contribution in [0.25, 0.3) is 27.6 Å². The highest BCUT2D eigenvalue weighted by molar-refractivity contribution is 6.30. The molecule has 2 aromatic heterocycles. The Bertz CT molecular complexity index is 955. The zero-order valence-corrected chi connectivity index (χ0v) is 12.2. The molecule has 0 spiro atoms. The fourth-order valence-corrected chi connectivity index (χ4v) is 2.57. The van der Waals surface area contributed by atoms with Gasteiger partial charge in [0.2, 0.25) is 0 Å². The number of pyridine rings is 1. The molecule has 0 bridgehead atoms. The van der Waals surface area contributed by atoms with Gasteiger partial charge in [-0.1, -0.05) is 23.7 Å². The van der Waals surface area contributed by atoms with Crippen LogP contribution in [0.1, 0.15) is 5.56 Å². The summed E-state index contributed by atoms with van der Waals surface area (Å²) in [5, 5.41) is 7.43. The van der Waals surface area contributed by atoms with Crippen molar-refractivity contribution < 1.29 is 0 Å². The van der Waals surface area contributed by atoms with E-state index in [9.17, 15) is 0 Å². The van der Waals surface area contributed by atoms with Crippen molar-refractivity contribution in [3.63, 3.8) is 0 Å². The summed E-state index contributed by atoms with van der Waals surface area (Å²) in [6.07, 6.45) is 1.99. The molecule has 0 unspecified atom stereocenters. The molecule has 4 aromatic rings. The van der Waals surface area contributed by atoms with Gasteiger partial charge in [0, 0.05) is 22.0 Å². The molecule has 102 valence electrons. The molecule has 0 aliphatic carbocycles. The summed E-state index contributed by atoms with van der Waals surface area (Å²) in [5.74, 6) is 0. The predicted octanol–water partition coefficient (Wildman–Crippen LogP) is 4.54. The van der Waals surface area contributed by atoms with Gasteiger partial charge < -0.3 is 0 Å². The molecule has 0 aliphatic heterocycles. The SMILES string of the molecule is Cc1ccc2cc3cn(-c4ccc(Cl)cc4)nc3nc2c1. The Kier molecular flexibility index (Phi) is 2.69. The maximum atomic E-state index is 5.92. The molecule has 0 fully saturated rings. The molecule has 0 aliphatic rings. The van der Waals surface area contributed by atoms with Crippen LogP contribution >= 0.6 is 11.6 Å². The third-order valence-electron chi connectivity index (χ3n) is 3.54. The van der Waals surface area contributed by atoms with Gasteiger partial charge in [0.25, 0.3) is 0 Å². The van der Waals surface area contributed by atoms with E-state index in [1.807, 2.05) is 35.1 Å². The standard InChI is InChI=1S/C17H12ClN3/c1-11-2-3-12-9-13-10-21(15-6-4-14(18)5-7-15)20-17(13)19-16(12)8-11/h2-10H,1H3. The Hall–Kier alpha value is -2.39. The fourth-order valence-electron chi connectivity index (χ4n) is 2.45. The van der Waals surface area contributed by atoms with Crippen LogP contribution < -0.4 is 0 Å². The van der Waals surface area contributed by atoms with Gasteiger partial charge in [-0.25, -0.2) is 9.67 Å². The van der Waals surface area contributed by atoms with Crippen molar-refractivity contribution in [2.45, 2.75) is 6.92 Å². The maximum Gasteiger partial charge on any atom is 0.182 e. The molecule has 4 rings (SSSR count). The summed E-state index contributed by atoms with van der Waals surface area (Å²) in [4.78, 5) is 4.64. The van der Waals surface area contributed by atoms with Gasteiger partial charge in [-0.3, -0.25) is 0 Å². The molecule has 2 heterocycles. The van der Waals surface area contributed by atoms with Gasteiger partial charge in [0.05, 0.1) is 11.2 Å². The van der Waals surface area contributed by atoms with Crippen molar-refractivity contribution in [2.24, 2.45) is 0 Å². The molecule has 0 amide bonds. The Morgan fingerprint density at radius 2 is 1.76 bits per heavy atom. The number of nitrogens with zero attached hydrogens (tertiary/aromatic N) is 3. The van der Waals surface area contributed by atoms with E-state index in [-0.39, 0.29) is 0 Å².